The predicted molar refractivity (Wildman–Crippen MR) is 78.2 cm³/mol. The number of oxazole rings is 1. The van der Waals surface area contributed by atoms with Gasteiger partial charge in [-0.05, 0) is 17.7 Å². The fourth-order valence-electron chi connectivity index (χ4n) is 1.98. The van der Waals surface area contributed by atoms with Gasteiger partial charge in [-0.25, -0.2) is 4.98 Å². The highest BCUT2D eigenvalue weighted by Gasteiger charge is 2.14. The van der Waals surface area contributed by atoms with Gasteiger partial charge < -0.3 is 19.2 Å². The number of hydrogen-bond acceptors (Lipinski definition) is 5. The van der Waals surface area contributed by atoms with Crippen LogP contribution >= 0.6 is 0 Å². The lowest BCUT2D eigenvalue weighted by molar-refractivity contribution is 0.199. The molecule has 0 aliphatic heterocycles. The van der Waals surface area contributed by atoms with E-state index in [2.05, 4.69) is 24.1 Å². The Bertz CT molecular complexity index is 563. The third-order valence-electron chi connectivity index (χ3n) is 3.06. The van der Waals surface area contributed by atoms with Crippen LogP contribution in [0.25, 0.3) is 11.1 Å². The molecule has 0 spiro atoms. The van der Waals surface area contributed by atoms with Crippen LogP contribution in [0.1, 0.15) is 31.2 Å². The Balaban J connectivity index is 2.24. The maximum atomic E-state index is 5.77. The highest BCUT2D eigenvalue weighted by Crippen LogP contribution is 2.30. The van der Waals surface area contributed by atoms with Crippen molar-refractivity contribution in [3.63, 3.8) is 0 Å². The molecule has 1 aromatic carbocycles. The van der Waals surface area contributed by atoms with Crippen molar-refractivity contribution in [2.75, 3.05) is 27.4 Å². The van der Waals surface area contributed by atoms with E-state index in [1.165, 1.54) is 0 Å². The van der Waals surface area contributed by atoms with E-state index in [1.807, 2.05) is 12.1 Å². The summed E-state index contributed by atoms with van der Waals surface area (Å²) < 4.78 is 16.2. The summed E-state index contributed by atoms with van der Waals surface area (Å²) in [6.45, 7) is 6.38. The molecule has 5 nitrogen and oxygen atoms in total. The van der Waals surface area contributed by atoms with Gasteiger partial charge in [-0.3, -0.25) is 0 Å². The number of rotatable bonds is 7. The van der Waals surface area contributed by atoms with Crippen LogP contribution in [-0.4, -0.2) is 32.4 Å². The Labute approximate surface area is 119 Å². The van der Waals surface area contributed by atoms with Gasteiger partial charge >= 0.3 is 0 Å². The molecule has 0 atom stereocenters. The van der Waals surface area contributed by atoms with Gasteiger partial charge in [-0.1, -0.05) is 13.8 Å². The van der Waals surface area contributed by atoms with Crippen molar-refractivity contribution >= 4 is 11.1 Å². The lowest BCUT2D eigenvalue weighted by atomic mass is 10.2. The molecule has 2 aromatic rings. The Morgan fingerprint density at radius 1 is 1.30 bits per heavy atom. The first kappa shape index (κ1) is 14.8. The Morgan fingerprint density at radius 3 is 2.75 bits per heavy atom. The Morgan fingerprint density at radius 2 is 2.10 bits per heavy atom. The predicted octanol–water partition coefficient (Wildman–Crippen LogP) is 2.70. The van der Waals surface area contributed by atoms with Gasteiger partial charge in [-0.2, -0.15) is 0 Å². The van der Waals surface area contributed by atoms with Crippen molar-refractivity contribution in [3.8, 4) is 5.75 Å². The van der Waals surface area contributed by atoms with Crippen LogP contribution in [0.15, 0.2) is 16.5 Å². The summed E-state index contributed by atoms with van der Waals surface area (Å²) in [6.07, 6.45) is 0. The molecule has 1 aromatic heterocycles. The molecule has 20 heavy (non-hydrogen) atoms. The van der Waals surface area contributed by atoms with Crippen LogP contribution in [0.3, 0.4) is 0 Å². The highest BCUT2D eigenvalue weighted by atomic mass is 16.5. The topological polar surface area (TPSA) is 56.5 Å². The van der Waals surface area contributed by atoms with E-state index in [4.69, 9.17) is 13.9 Å². The van der Waals surface area contributed by atoms with Gasteiger partial charge in [0.2, 0.25) is 0 Å². The summed E-state index contributed by atoms with van der Waals surface area (Å²) in [6, 6.07) is 4.02. The standard InChI is InChI=1S/C15H22N2O3/c1-10(2)15-17-12-7-11(9-16-5-6-18-3)8-13(19-4)14(12)20-15/h7-8,10,16H,5-6,9H2,1-4H3. The molecule has 0 fully saturated rings. The summed E-state index contributed by atoms with van der Waals surface area (Å²) in [5.74, 6) is 1.73. The largest absolute Gasteiger partial charge is 0.493 e. The second-order valence-corrected chi connectivity index (χ2v) is 5.02. The Kier molecular flexibility index (Phi) is 4.98. The first-order valence-corrected chi connectivity index (χ1v) is 6.82. The molecule has 2 rings (SSSR count). The number of nitrogens with one attached hydrogen (secondary N) is 1. The van der Waals surface area contributed by atoms with Crippen molar-refractivity contribution in [3.05, 3.63) is 23.6 Å². The van der Waals surface area contributed by atoms with Gasteiger partial charge in [0.15, 0.2) is 17.2 Å². The average Bonchev–Trinajstić information content (AvgIpc) is 2.87. The molecule has 0 bridgehead atoms. The van der Waals surface area contributed by atoms with Gasteiger partial charge in [-0.15, -0.1) is 0 Å². The summed E-state index contributed by atoms with van der Waals surface area (Å²) in [5, 5.41) is 3.31. The number of aromatic nitrogens is 1. The monoisotopic (exact) mass is 278 g/mol. The second kappa shape index (κ2) is 6.72. The lowest BCUT2D eigenvalue weighted by Gasteiger charge is -2.06. The molecular formula is C15H22N2O3. The number of benzene rings is 1. The number of fused-ring (bicyclic) bond motifs is 1. The van der Waals surface area contributed by atoms with Crippen LogP contribution in [0.5, 0.6) is 5.75 Å². The number of nitrogens with zero attached hydrogens (tertiary/aromatic N) is 1. The number of methoxy groups -OCH3 is 2. The Hall–Kier alpha value is -1.59. The zero-order chi connectivity index (χ0) is 14.5. The van der Waals surface area contributed by atoms with Gasteiger partial charge in [0.05, 0.1) is 13.7 Å². The number of hydrogen-bond donors (Lipinski definition) is 1. The summed E-state index contributed by atoms with van der Waals surface area (Å²) in [7, 11) is 3.34. The van der Waals surface area contributed by atoms with Crippen LogP contribution in [0, 0.1) is 0 Å². The van der Waals surface area contributed by atoms with Crippen molar-refractivity contribution in [1.29, 1.82) is 0 Å². The molecule has 0 aliphatic carbocycles. The van der Waals surface area contributed by atoms with Crippen LogP contribution < -0.4 is 10.1 Å². The summed E-state index contributed by atoms with van der Waals surface area (Å²) >= 11 is 0. The molecule has 5 heteroatoms. The van der Waals surface area contributed by atoms with Gasteiger partial charge in [0.1, 0.15) is 5.52 Å². The van der Waals surface area contributed by atoms with Crippen molar-refractivity contribution < 1.29 is 13.9 Å². The third-order valence-corrected chi connectivity index (χ3v) is 3.06. The zero-order valence-corrected chi connectivity index (χ0v) is 12.5. The van der Waals surface area contributed by atoms with Gasteiger partial charge in [0, 0.05) is 26.1 Å². The molecule has 0 aliphatic rings. The molecule has 0 saturated carbocycles. The molecule has 1 N–H and O–H groups in total. The minimum Gasteiger partial charge on any atom is -0.493 e. The highest BCUT2D eigenvalue weighted by molar-refractivity contribution is 5.80. The van der Waals surface area contributed by atoms with E-state index >= 15 is 0 Å². The second-order valence-electron chi connectivity index (χ2n) is 5.02. The zero-order valence-electron chi connectivity index (χ0n) is 12.5. The molecule has 0 unspecified atom stereocenters. The summed E-state index contributed by atoms with van der Waals surface area (Å²) in [4.78, 5) is 4.53. The maximum Gasteiger partial charge on any atom is 0.198 e. The van der Waals surface area contributed by atoms with E-state index in [0.717, 1.165) is 41.4 Å². The van der Waals surface area contributed by atoms with E-state index < -0.39 is 0 Å². The van der Waals surface area contributed by atoms with Crippen LogP contribution in [0.2, 0.25) is 0 Å². The smallest absolute Gasteiger partial charge is 0.198 e. The van der Waals surface area contributed by atoms with Crippen LogP contribution in [0.4, 0.5) is 0 Å². The van der Waals surface area contributed by atoms with Gasteiger partial charge in [0.25, 0.3) is 0 Å². The normalized spacial score (nSPS) is 11.4. The van der Waals surface area contributed by atoms with Crippen molar-refractivity contribution in [2.24, 2.45) is 0 Å². The van der Waals surface area contributed by atoms with E-state index in [-0.39, 0.29) is 5.92 Å². The molecule has 1 heterocycles. The van der Waals surface area contributed by atoms with E-state index in [9.17, 15) is 0 Å². The fourth-order valence-corrected chi connectivity index (χ4v) is 1.98. The first-order chi connectivity index (χ1) is 9.65. The summed E-state index contributed by atoms with van der Waals surface area (Å²) in [5.41, 5.74) is 2.68. The third kappa shape index (κ3) is 3.29. The molecule has 110 valence electrons. The minimum absolute atomic E-state index is 0.260. The minimum atomic E-state index is 0.260. The lowest BCUT2D eigenvalue weighted by Crippen LogP contribution is -2.18. The maximum absolute atomic E-state index is 5.77. The molecule has 0 radical (unpaired) electrons. The van der Waals surface area contributed by atoms with Crippen LogP contribution in [-0.2, 0) is 11.3 Å². The average molecular weight is 278 g/mol. The molecular weight excluding hydrogens is 256 g/mol. The van der Waals surface area contributed by atoms with Crippen molar-refractivity contribution in [2.45, 2.75) is 26.3 Å². The molecule has 0 saturated heterocycles. The SMILES string of the molecule is COCCNCc1cc(OC)c2oc(C(C)C)nc2c1. The van der Waals surface area contributed by atoms with E-state index in [0.29, 0.717) is 6.61 Å². The fraction of sp³-hybridized carbons (Fsp3) is 0.533. The number of ether oxygens (including phenoxy) is 2. The van der Waals surface area contributed by atoms with E-state index in [1.54, 1.807) is 14.2 Å². The molecule has 0 amide bonds. The first-order valence-electron chi connectivity index (χ1n) is 6.82. The van der Waals surface area contributed by atoms with Crippen molar-refractivity contribution in [1.82, 2.24) is 10.3 Å². The quantitative estimate of drug-likeness (QED) is 0.789.